The fourth-order valence-electron chi connectivity index (χ4n) is 2.25. The molecule has 1 unspecified atom stereocenters. The minimum atomic E-state index is -0.499. The second kappa shape index (κ2) is 7.92. The van der Waals surface area contributed by atoms with Crippen LogP contribution in [0.25, 0.3) is 0 Å². The van der Waals surface area contributed by atoms with Crippen LogP contribution in [0.3, 0.4) is 0 Å². The van der Waals surface area contributed by atoms with Crippen molar-refractivity contribution in [1.82, 2.24) is 0 Å². The number of nitro groups is 1. The van der Waals surface area contributed by atoms with Gasteiger partial charge in [-0.3, -0.25) is 10.1 Å². The Labute approximate surface area is 134 Å². The molecule has 0 saturated carbocycles. The molecule has 6 heteroatoms. The molecule has 0 bridgehead atoms. The normalized spacial score (nSPS) is 11.5. The maximum absolute atomic E-state index is 11.2. The molecule has 118 valence electrons. The van der Waals surface area contributed by atoms with Gasteiger partial charge in [-0.1, -0.05) is 30.3 Å². The van der Waals surface area contributed by atoms with Gasteiger partial charge in [0.15, 0.2) is 0 Å². The van der Waals surface area contributed by atoms with Crippen molar-refractivity contribution >= 4 is 11.4 Å². The van der Waals surface area contributed by atoms with Crippen LogP contribution in [0.1, 0.15) is 24.2 Å². The molecule has 0 spiro atoms. The average Bonchev–Trinajstić information content (AvgIpc) is 2.59. The second-order valence-electron chi connectivity index (χ2n) is 4.84. The molecule has 0 amide bonds. The first kappa shape index (κ1) is 16.5. The number of nitrogens with zero attached hydrogens (tertiary/aromatic N) is 2. The van der Waals surface area contributed by atoms with Gasteiger partial charge in [0.2, 0.25) is 0 Å². The first-order valence-corrected chi connectivity index (χ1v) is 7.24. The maximum atomic E-state index is 11.2. The fraction of sp³-hybridized carbons (Fsp3) is 0.235. The van der Waals surface area contributed by atoms with Crippen LogP contribution in [0.15, 0.2) is 48.5 Å². The van der Waals surface area contributed by atoms with Crippen LogP contribution >= 0.6 is 0 Å². The molecule has 2 aromatic rings. The zero-order valence-electron chi connectivity index (χ0n) is 12.7. The van der Waals surface area contributed by atoms with E-state index >= 15 is 0 Å². The van der Waals surface area contributed by atoms with E-state index in [0.717, 1.165) is 5.56 Å². The van der Waals surface area contributed by atoms with Gasteiger partial charge >= 0.3 is 0 Å². The summed E-state index contributed by atoms with van der Waals surface area (Å²) in [6.45, 7) is 2.83. The number of nitro benzene ring substituents is 1. The summed E-state index contributed by atoms with van der Waals surface area (Å²) >= 11 is 0. The molecule has 0 aromatic heterocycles. The van der Waals surface area contributed by atoms with E-state index in [9.17, 15) is 10.1 Å². The molecule has 0 fully saturated rings. The molecule has 23 heavy (non-hydrogen) atoms. The van der Waals surface area contributed by atoms with Crippen molar-refractivity contribution < 1.29 is 9.66 Å². The van der Waals surface area contributed by atoms with Gasteiger partial charge in [0.05, 0.1) is 22.7 Å². The van der Waals surface area contributed by atoms with Gasteiger partial charge in [-0.25, -0.2) is 0 Å². The Balaban J connectivity index is 2.18. The topological polar surface area (TPSA) is 88.2 Å². The summed E-state index contributed by atoms with van der Waals surface area (Å²) in [6.07, 6.45) is -0.212. The molecular formula is C17H17N3O3. The number of hydrogen-bond acceptors (Lipinski definition) is 5. The van der Waals surface area contributed by atoms with E-state index in [0.29, 0.717) is 18.8 Å². The van der Waals surface area contributed by atoms with Gasteiger partial charge in [0.1, 0.15) is 5.69 Å². The lowest BCUT2D eigenvalue weighted by Crippen LogP contribution is -2.16. The molecule has 0 heterocycles. The molecule has 1 atom stereocenters. The van der Waals surface area contributed by atoms with Crippen LogP contribution in [0.4, 0.5) is 11.4 Å². The quantitative estimate of drug-likeness (QED) is 0.622. The Kier molecular flexibility index (Phi) is 5.67. The van der Waals surface area contributed by atoms with Crippen LogP contribution in [0.2, 0.25) is 0 Å². The monoisotopic (exact) mass is 311 g/mol. The third kappa shape index (κ3) is 4.28. The zero-order valence-corrected chi connectivity index (χ0v) is 12.7. The first-order chi connectivity index (χ1) is 11.2. The molecule has 2 rings (SSSR count). The third-order valence-electron chi connectivity index (χ3n) is 3.34. The van der Waals surface area contributed by atoms with E-state index in [1.165, 1.54) is 6.07 Å². The summed E-state index contributed by atoms with van der Waals surface area (Å²) in [4.78, 5) is 10.7. The lowest BCUT2D eigenvalue weighted by molar-refractivity contribution is -0.384. The molecule has 2 aromatic carbocycles. The average molecular weight is 311 g/mol. The number of ether oxygens (including phenoxy) is 1. The molecule has 0 saturated heterocycles. The summed E-state index contributed by atoms with van der Waals surface area (Å²) in [5, 5.41) is 23.1. The maximum Gasteiger partial charge on any atom is 0.293 e. The summed E-state index contributed by atoms with van der Waals surface area (Å²) in [7, 11) is 0. The van der Waals surface area contributed by atoms with Gasteiger partial charge in [0, 0.05) is 19.2 Å². The van der Waals surface area contributed by atoms with E-state index in [-0.39, 0.29) is 17.4 Å². The highest BCUT2D eigenvalue weighted by atomic mass is 16.6. The van der Waals surface area contributed by atoms with Crippen molar-refractivity contribution in [2.24, 2.45) is 0 Å². The Morgan fingerprint density at radius 1 is 1.30 bits per heavy atom. The van der Waals surface area contributed by atoms with E-state index in [4.69, 9.17) is 10.00 Å². The van der Waals surface area contributed by atoms with Crippen LogP contribution in [-0.2, 0) is 4.74 Å². The Bertz CT molecular complexity index is 711. The summed E-state index contributed by atoms with van der Waals surface area (Å²) in [6, 6.07) is 15.9. The van der Waals surface area contributed by atoms with Crippen molar-refractivity contribution in [2.75, 3.05) is 18.5 Å². The molecule has 1 N–H and O–H groups in total. The summed E-state index contributed by atoms with van der Waals surface area (Å²) in [5.74, 6) is 0. The van der Waals surface area contributed by atoms with Crippen LogP contribution in [0.5, 0.6) is 0 Å². The molecular weight excluding hydrogens is 294 g/mol. The zero-order chi connectivity index (χ0) is 16.7. The minimum absolute atomic E-state index is 0.118. The van der Waals surface area contributed by atoms with Crippen LogP contribution in [0, 0.1) is 21.4 Å². The van der Waals surface area contributed by atoms with Crippen LogP contribution < -0.4 is 5.32 Å². The Hall–Kier alpha value is -2.91. The van der Waals surface area contributed by atoms with E-state index < -0.39 is 4.92 Å². The lowest BCUT2D eigenvalue weighted by Gasteiger charge is -2.18. The summed E-state index contributed by atoms with van der Waals surface area (Å²) in [5.41, 5.74) is 1.51. The third-order valence-corrected chi connectivity index (χ3v) is 3.34. The van der Waals surface area contributed by atoms with Gasteiger partial charge < -0.3 is 10.1 Å². The predicted octanol–water partition coefficient (Wildman–Crippen LogP) is 3.66. The first-order valence-electron chi connectivity index (χ1n) is 7.24. The van der Waals surface area contributed by atoms with Crippen LogP contribution in [-0.4, -0.2) is 18.1 Å². The van der Waals surface area contributed by atoms with Crippen molar-refractivity contribution in [3.05, 3.63) is 69.8 Å². The van der Waals surface area contributed by atoms with Gasteiger partial charge in [0.25, 0.3) is 5.69 Å². The number of rotatable bonds is 7. The largest absolute Gasteiger partial charge is 0.377 e. The number of hydrogen-bond donors (Lipinski definition) is 1. The fourth-order valence-corrected chi connectivity index (χ4v) is 2.25. The van der Waals surface area contributed by atoms with Crippen molar-refractivity contribution in [3.63, 3.8) is 0 Å². The number of anilines is 1. The van der Waals surface area contributed by atoms with Gasteiger partial charge in [-0.05, 0) is 24.6 Å². The van der Waals surface area contributed by atoms with Gasteiger partial charge in [-0.2, -0.15) is 5.26 Å². The highest BCUT2D eigenvalue weighted by Crippen LogP contribution is 2.27. The van der Waals surface area contributed by atoms with Gasteiger partial charge in [-0.15, -0.1) is 0 Å². The standard InChI is InChI=1S/C17H17N3O3/c1-2-23-17(14-6-4-3-5-7-14)12-19-15-9-8-13(11-18)10-16(15)20(21)22/h3-10,17,19H,2,12H2,1H3. The Morgan fingerprint density at radius 3 is 2.65 bits per heavy atom. The molecule has 6 nitrogen and oxygen atoms in total. The smallest absolute Gasteiger partial charge is 0.293 e. The van der Waals surface area contributed by atoms with E-state index in [1.807, 2.05) is 43.3 Å². The Morgan fingerprint density at radius 2 is 2.04 bits per heavy atom. The molecule has 0 aliphatic carbocycles. The SMILES string of the molecule is CCOC(CNc1ccc(C#N)cc1[N+](=O)[O-])c1ccccc1. The lowest BCUT2D eigenvalue weighted by atomic mass is 10.1. The van der Waals surface area contributed by atoms with Crippen molar-refractivity contribution in [3.8, 4) is 6.07 Å². The van der Waals surface area contributed by atoms with Crippen molar-refractivity contribution in [2.45, 2.75) is 13.0 Å². The predicted molar refractivity (Wildman–Crippen MR) is 87.1 cm³/mol. The number of benzene rings is 2. The highest BCUT2D eigenvalue weighted by Gasteiger charge is 2.17. The number of nitriles is 1. The highest BCUT2D eigenvalue weighted by molar-refractivity contribution is 5.64. The number of nitrogens with one attached hydrogen (secondary N) is 1. The summed E-state index contributed by atoms with van der Waals surface area (Å²) < 4.78 is 5.71. The minimum Gasteiger partial charge on any atom is -0.377 e. The van der Waals surface area contributed by atoms with E-state index in [1.54, 1.807) is 12.1 Å². The second-order valence-corrected chi connectivity index (χ2v) is 4.84. The molecule has 0 aliphatic rings. The molecule has 0 aliphatic heterocycles. The van der Waals surface area contributed by atoms with E-state index in [2.05, 4.69) is 5.32 Å². The van der Waals surface area contributed by atoms with Crippen molar-refractivity contribution in [1.29, 1.82) is 5.26 Å². The molecule has 0 radical (unpaired) electrons.